The Balaban J connectivity index is 1.90. The molecule has 0 spiro atoms. The Bertz CT molecular complexity index is 993. The van der Waals surface area contributed by atoms with Gasteiger partial charge in [0, 0.05) is 18.6 Å². The molecule has 0 N–H and O–H groups in total. The van der Waals surface area contributed by atoms with Crippen molar-refractivity contribution in [3.05, 3.63) is 63.3 Å². The molecule has 1 aliphatic heterocycles. The van der Waals surface area contributed by atoms with Crippen molar-refractivity contribution >= 4 is 52.5 Å². The van der Waals surface area contributed by atoms with Crippen LogP contribution >= 0.6 is 35.4 Å². The van der Waals surface area contributed by atoms with Crippen LogP contribution in [-0.4, -0.2) is 41.0 Å². The van der Waals surface area contributed by atoms with Gasteiger partial charge in [-0.25, -0.2) is 0 Å². The predicted molar refractivity (Wildman–Crippen MR) is 124 cm³/mol. The molecular formula is C22H22Cl2N2O3S. The average Bonchev–Trinajstić information content (AvgIpc) is 2.91. The lowest BCUT2D eigenvalue weighted by atomic mass is 10.1. The molecule has 0 saturated carbocycles. The first kappa shape index (κ1) is 22.4. The van der Waals surface area contributed by atoms with Gasteiger partial charge in [-0.15, -0.1) is 0 Å². The van der Waals surface area contributed by atoms with E-state index < -0.39 is 0 Å². The number of thiocarbonyl (C=S) groups is 1. The second-order valence-electron chi connectivity index (χ2n) is 6.60. The third kappa shape index (κ3) is 4.72. The summed E-state index contributed by atoms with van der Waals surface area (Å²) < 4.78 is 11.7. The van der Waals surface area contributed by atoms with Crippen molar-refractivity contribution in [2.45, 2.75) is 20.5 Å². The third-order valence-corrected chi connectivity index (χ3v) is 5.62. The molecule has 0 unspecified atom stereocenters. The lowest BCUT2D eigenvalue weighted by Crippen LogP contribution is -2.30. The fraction of sp³-hybridized carbons (Fsp3) is 0.273. The minimum atomic E-state index is -0.137. The number of benzene rings is 2. The highest BCUT2D eigenvalue weighted by molar-refractivity contribution is 7.80. The summed E-state index contributed by atoms with van der Waals surface area (Å²) in [5.74, 6) is 0.823. The first-order chi connectivity index (χ1) is 14.3. The van der Waals surface area contributed by atoms with Gasteiger partial charge in [0.15, 0.2) is 16.6 Å². The zero-order chi connectivity index (χ0) is 21.8. The number of carbonyl (C=O) groups is 1. The maximum absolute atomic E-state index is 12.6. The number of carbonyl (C=O) groups excluding carboxylic acids is 1. The van der Waals surface area contributed by atoms with Gasteiger partial charge >= 0.3 is 0 Å². The number of hydrogen-bond acceptors (Lipinski definition) is 4. The van der Waals surface area contributed by atoms with Gasteiger partial charge in [-0.1, -0.05) is 35.3 Å². The van der Waals surface area contributed by atoms with Gasteiger partial charge in [0.1, 0.15) is 12.3 Å². The number of nitrogens with zero attached hydrogens (tertiary/aromatic N) is 2. The minimum Gasteiger partial charge on any atom is -0.490 e. The van der Waals surface area contributed by atoms with E-state index in [1.54, 1.807) is 47.2 Å². The van der Waals surface area contributed by atoms with Crippen molar-refractivity contribution in [3.63, 3.8) is 0 Å². The Kier molecular flexibility index (Phi) is 7.23. The van der Waals surface area contributed by atoms with E-state index >= 15 is 0 Å². The molecule has 1 amide bonds. The van der Waals surface area contributed by atoms with Crippen LogP contribution in [0.3, 0.4) is 0 Å². The zero-order valence-electron chi connectivity index (χ0n) is 16.9. The molecule has 1 heterocycles. The van der Waals surface area contributed by atoms with Gasteiger partial charge in [-0.2, -0.15) is 0 Å². The maximum atomic E-state index is 12.6. The predicted octanol–water partition coefficient (Wildman–Crippen LogP) is 5.39. The number of rotatable bonds is 7. The van der Waals surface area contributed by atoms with E-state index in [9.17, 15) is 4.79 Å². The summed E-state index contributed by atoms with van der Waals surface area (Å²) in [7, 11) is 1.77. The van der Waals surface area contributed by atoms with Crippen molar-refractivity contribution in [1.82, 2.24) is 9.80 Å². The van der Waals surface area contributed by atoms with Crippen molar-refractivity contribution in [3.8, 4) is 11.5 Å². The van der Waals surface area contributed by atoms with Crippen molar-refractivity contribution in [2.24, 2.45) is 0 Å². The van der Waals surface area contributed by atoms with E-state index in [-0.39, 0.29) is 5.91 Å². The molecule has 0 aliphatic carbocycles. The maximum Gasteiger partial charge on any atom is 0.276 e. The van der Waals surface area contributed by atoms with E-state index in [4.69, 9.17) is 44.9 Å². The molecule has 0 atom stereocenters. The highest BCUT2D eigenvalue weighted by atomic mass is 35.5. The van der Waals surface area contributed by atoms with E-state index in [0.717, 1.165) is 11.1 Å². The van der Waals surface area contributed by atoms with Crippen LogP contribution in [0, 0.1) is 0 Å². The first-order valence-electron chi connectivity index (χ1n) is 9.50. The molecule has 1 aliphatic rings. The van der Waals surface area contributed by atoms with Crippen LogP contribution in [-0.2, 0) is 11.4 Å². The van der Waals surface area contributed by atoms with Crippen LogP contribution < -0.4 is 9.47 Å². The Morgan fingerprint density at radius 3 is 2.40 bits per heavy atom. The minimum absolute atomic E-state index is 0.137. The van der Waals surface area contributed by atoms with Crippen molar-refractivity contribution < 1.29 is 14.3 Å². The van der Waals surface area contributed by atoms with Gasteiger partial charge in [0.05, 0.1) is 11.6 Å². The summed E-state index contributed by atoms with van der Waals surface area (Å²) >= 11 is 17.8. The Morgan fingerprint density at radius 1 is 1.10 bits per heavy atom. The molecule has 30 heavy (non-hydrogen) atoms. The number of amides is 1. The molecule has 2 aromatic carbocycles. The third-order valence-electron chi connectivity index (χ3n) is 4.59. The molecular weight excluding hydrogens is 443 g/mol. The van der Waals surface area contributed by atoms with Crippen LogP contribution in [0.5, 0.6) is 11.5 Å². The summed E-state index contributed by atoms with van der Waals surface area (Å²) in [6, 6.07) is 10.9. The molecule has 2 aromatic rings. The van der Waals surface area contributed by atoms with Crippen LogP contribution in [0.4, 0.5) is 0 Å². The van der Waals surface area contributed by atoms with Crippen LogP contribution in [0.25, 0.3) is 6.08 Å². The summed E-state index contributed by atoms with van der Waals surface area (Å²) in [5.41, 5.74) is 2.16. The molecule has 0 bridgehead atoms. The van der Waals surface area contributed by atoms with Gasteiger partial charge in [-0.05, 0) is 67.5 Å². The Morgan fingerprint density at radius 2 is 1.80 bits per heavy atom. The summed E-state index contributed by atoms with van der Waals surface area (Å²) in [5, 5.41) is 1.54. The summed E-state index contributed by atoms with van der Waals surface area (Å²) in [4.78, 5) is 15.9. The van der Waals surface area contributed by atoms with Crippen LogP contribution in [0.1, 0.15) is 25.0 Å². The zero-order valence-corrected chi connectivity index (χ0v) is 19.3. The number of halogens is 2. The molecule has 8 heteroatoms. The first-order valence-corrected chi connectivity index (χ1v) is 10.7. The molecule has 1 fully saturated rings. The summed E-state index contributed by atoms with van der Waals surface area (Å²) in [6.45, 7) is 5.05. The molecule has 5 nitrogen and oxygen atoms in total. The van der Waals surface area contributed by atoms with Crippen LogP contribution in [0.2, 0.25) is 10.0 Å². The molecule has 1 saturated heterocycles. The second-order valence-corrected chi connectivity index (χ2v) is 7.81. The number of ether oxygens (including phenoxy) is 2. The van der Waals surface area contributed by atoms with E-state index in [1.807, 2.05) is 26.0 Å². The molecule has 0 radical (unpaired) electrons. The van der Waals surface area contributed by atoms with Crippen LogP contribution in [0.15, 0.2) is 42.1 Å². The topological polar surface area (TPSA) is 42.0 Å². The second kappa shape index (κ2) is 9.69. The van der Waals surface area contributed by atoms with Gasteiger partial charge in [0.2, 0.25) is 0 Å². The fourth-order valence-corrected chi connectivity index (χ4v) is 3.77. The molecule has 0 aromatic heterocycles. The largest absolute Gasteiger partial charge is 0.490 e. The highest BCUT2D eigenvalue weighted by Crippen LogP contribution is 2.38. The van der Waals surface area contributed by atoms with Gasteiger partial charge < -0.3 is 14.4 Å². The van der Waals surface area contributed by atoms with Gasteiger partial charge in [0.25, 0.3) is 5.91 Å². The smallest absolute Gasteiger partial charge is 0.276 e. The molecule has 158 valence electrons. The normalized spacial score (nSPS) is 15.3. The average molecular weight is 465 g/mol. The van der Waals surface area contributed by atoms with Gasteiger partial charge in [-0.3, -0.25) is 9.69 Å². The Hall–Kier alpha value is -2.28. The number of hydrogen-bond donors (Lipinski definition) is 0. The van der Waals surface area contributed by atoms with Crippen molar-refractivity contribution in [2.75, 3.05) is 20.2 Å². The SMILES string of the molecule is CCOc1cc(/C=C2/C(=O)N(CC)C(=S)N2C)cc(Cl)c1OCc1ccc(Cl)cc1. The Labute approximate surface area is 191 Å². The lowest BCUT2D eigenvalue weighted by Gasteiger charge is -2.15. The number of likely N-dealkylation sites (N-methyl/N-ethyl adjacent to an activating group) is 2. The fourth-order valence-electron chi connectivity index (χ4n) is 3.06. The van der Waals surface area contributed by atoms with Crippen molar-refractivity contribution in [1.29, 1.82) is 0 Å². The van der Waals surface area contributed by atoms with E-state index in [0.29, 0.717) is 52.1 Å². The standard InChI is InChI=1S/C22H22Cl2N2O3S/c1-4-26-21(27)18(25(3)22(26)30)11-15-10-17(24)20(19(12-15)28-5-2)29-13-14-6-8-16(23)9-7-14/h6-12H,4-5,13H2,1-3H3/b18-11-. The van der Waals surface area contributed by atoms with E-state index in [2.05, 4.69) is 0 Å². The monoisotopic (exact) mass is 464 g/mol. The molecule has 3 rings (SSSR count). The van der Waals surface area contributed by atoms with E-state index in [1.165, 1.54) is 0 Å². The quantitative estimate of drug-likeness (QED) is 0.405. The highest BCUT2D eigenvalue weighted by Gasteiger charge is 2.34. The lowest BCUT2D eigenvalue weighted by molar-refractivity contribution is -0.122. The summed E-state index contributed by atoms with van der Waals surface area (Å²) in [6.07, 6.45) is 1.75.